The number of nitrogens with two attached hydrogens (primary N) is 1. The van der Waals surface area contributed by atoms with Crippen LogP contribution in [0.4, 0.5) is 0 Å². The van der Waals surface area contributed by atoms with Gasteiger partial charge in [0, 0.05) is 6.04 Å². The maximum Gasteiger partial charge on any atom is 0.306 e. The molecule has 4 N–H and O–H groups in total. The first-order valence-corrected chi connectivity index (χ1v) is 6.00. The molecule has 1 rings (SSSR count). The molecule has 1 amide bonds. The molecule has 0 aliphatic heterocycles. The first kappa shape index (κ1) is 14.0. The van der Waals surface area contributed by atoms with Gasteiger partial charge in [0.05, 0.1) is 12.0 Å². The number of carboxylic acids is 1. The monoisotopic (exact) mass is 242 g/mol. The van der Waals surface area contributed by atoms with E-state index in [1.807, 2.05) is 20.8 Å². The largest absolute Gasteiger partial charge is 0.481 e. The van der Waals surface area contributed by atoms with E-state index in [4.69, 9.17) is 10.8 Å². The van der Waals surface area contributed by atoms with Crippen LogP contribution in [-0.4, -0.2) is 29.1 Å². The molecule has 0 aromatic rings. The molecular formula is C12H22N2O3. The van der Waals surface area contributed by atoms with Gasteiger partial charge in [-0.1, -0.05) is 20.8 Å². The quantitative estimate of drug-likeness (QED) is 0.680. The molecule has 5 heteroatoms. The van der Waals surface area contributed by atoms with E-state index in [1.54, 1.807) is 0 Å². The SMILES string of the molecule is CC(C)(C)[C@@H](N)C(=O)NC1CCC(C(=O)O)C1. The van der Waals surface area contributed by atoms with Gasteiger partial charge in [0.2, 0.25) is 5.91 Å². The summed E-state index contributed by atoms with van der Waals surface area (Å²) in [6, 6.07) is -0.608. The minimum atomic E-state index is -0.776. The van der Waals surface area contributed by atoms with Gasteiger partial charge in [0.1, 0.15) is 0 Å². The van der Waals surface area contributed by atoms with Crippen molar-refractivity contribution in [2.75, 3.05) is 0 Å². The van der Waals surface area contributed by atoms with Crippen LogP contribution in [0.25, 0.3) is 0 Å². The van der Waals surface area contributed by atoms with Crippen LogP contribution in [-0.2, 0) is 9.59 Å². The number of carbonyl (C=O) groups is 2. The van der Waals surface area contributed by atoms with Crippen molar-refractivity contribution in [2.45, 2.75) is 52.1 Å². The number of hydrogen-bond acceptors (Lipinski definition) is 3. The van der Waals surface area contributed by atoms with E-state index in [1.165, 1.54) is 0 Å². The molecule has 0 aromatic carbocycles. The van der Waals surface area contributed by atoms with Crippen molar-refractivity contribution in [3.63, 3.8) is 0 Å². The summed E-state index contributed by atoms with van der Waals surface area (Å²) in [6.07, 6.45) is 1.86. The van der Waals surface area contributed by atoms with Gasteiger partial charge in [-0.3, -0.25) is 9.59 Å². The van der Waals surface area contributed by atoms with Crippen LogP contribution in [0.2, 0.25) is 0 Å². The van der Waals surface area contributed by atoms with Crippen LogP contribution in [0.3, 0.4) is 0 Å². The zero-order valence-corrected chi connectivity index (χ0v) is 10.7. The number of amides is 1. The van der Waals surface area contributed by atoms with Gasteiger partial charge in [0.15, 0.2) is 0 Å². The van der Waals surface area contributed by atoms with Crippen molar-refractivity contribution in [2.24, 2.45) is 17.1 Å². The molecule has 0 radical (unpaired) electrons. The Bertz CT molecular complexity index is 309. The van der Waals surface area contributed by atoms with Crippen molar-refractivity contribution >= 4 is 11.9 Å². The number of carboxylic acid groups (broad SMARTS) is 1. The molecule has 1 fully saturated rings. The molecule has 0 spiro atoms. The Morgan fingerprint density at radius 1 is 1.35 bits per heavy atom. The summed E-state index contributed by atoms with van der Waals surface area (Å²) in [4.78, 5) is 22.6. The lowest BCUT2D eigenvalue weighted by atomic mass is 9.87. The Kier molecular flexibility index (Phi) is 4.14. The molecule has 0 saturated heterocycles. The van der Waals surface area contributed by atoms with Gasteiger partial charge in [-0.15, -0.1) is 0 Å². The van der Waals surface area contributed by atoms with E-state index in [9.17, 15) is 9.59 Å². The third kappa shape index (κ3) is 3.70. The Morgan fingerprint density at radius 3 is 2.35 bits per heavy atom. The normalized spacial score (nSPS) is 26.6. The Hall–Kier alpha value is -1.10. The lowest BCUT2D eigenvalue weighted by Crippen LogP contribution is -2.51. The molecule has 1 saturated carbocycles. The van der Waals surface area contributed by atoms with Crippen LogP contribution >= 0.6 is 0 Å². The fraction of sp³-hybridized carbons (Fsp3) is 0.833. The summed E-state index contributed by atoms with van der Waals surface area (Å²) < 4.78 is 0. The van der Waals surface area contributed by atoms with Gasteiger partial charge in [0.25, 0.3) is 0 Å². The maximum atomic E-state index is 11.8. The van der Waals surface area contributed by atoms with E-state index in [0.29, 0.717) is 12.8 Å². The molecule has 0 bridgehead atoms. The predicted octanol–water partition coefficient (Wildman–Crippen LogP) is 0.729. The van der Waals surface area contributed by atoms with Gasteiger partial charge >= 0.3 is 5.97 Å². The average Bonchev–Trinajstić information content (AvgIpc) is 2.63. The van der Waals surface area contributed by atoms with Crippen LogP contribution in [0, 0.1) is 11.3 Å². The maximum absolute atomic E-state index is 11.8. The van der Waals surface area contributed by atoms with Crippen molar-refractivity contribution in [1.82, 2.24) is 5.32 Å². The minimum Gasteiger partial charge on any atom is -0.481 e. The summed E-state index contributed by atoms with van der Waals surface area (Å²) >= 11 is 0. The molecule has 3 atom stereocenters. The summed E-state index contributed by atoms with van der Waals surface area (Å²) in [5.41, 5.74) is 5.56. The molecule has 1 aliphatic carbocycles. The minimum absolute atomic E-state index is 0.0444. The van der Waals surface area contributed by atoms with Gasteiger partial charge < -0.3 is 16.2 Å². The number of hydrogen-bond donors (Lipinski definition) is 3. The topological polar surface area (TPSA) is 92.4 Å². The first-order chi connectivity index (χ1) is 7.71. The second-order valence-electron chi connectivity index (χ2n) is 5.90. The summed E-state index contributed by atoms with van der Waals surface area (Å²) in [6.45, 7) is 5.73. The highest BCUT2D eigenvalue weighted by molar-refractivity contribution is 5.82. The lowest BCUT2D eigenvalue weighted by Gasteiger charge is -2.27. The van der Waals surface area contributed by atoms with Crippen LogP contribution in [0.5, 0.6) is 0 Å². The fourth-order valence-corrected chi connectivity index (χ4v) is 2.02. The van der Waals surface area contributed by atoms with Gasteiger partial charge in [-0.25, -0.2) is 0 Å². The predicted molar refractivity (Wildman–Crippen MR) is 64.3 cm³/mol. The zero-order valence-electron chi connectivity index (χ0n) is 10.7. The molecule has 98 valence electrons. The van der Waals surface area contributed by atoms with Crippen LogP contribution in [0.15, 0.2) is 0 Å². The number of nitrogens with one attached hydrogen (secondary N) is 1. The van der Waals surface area contributed by atoms with E-state index in [-0.39, 0.29) is 23.3 Å². The highest BCUT2D eigenvalue weighted by atomic mass is 16.4. The third-order valence-corrected chi connectivity index (χ3v) is 3.34. The van der Waals surface area contributed by atoms with Crippen molar-refractivity contribution in [3.8, 4) is 0 Å². The van der Waals surface area contributed by atoms with Crippen molar-refractivity contribution in [1.29, 1.82) is 0 Å². The van der Waals surface area contributed by atoms with E-state index >= 15 is 0 Å². The van der Waals surface area contributed by atoms with Crippen molar-refractivity contribution in [3.05, 3.63) is 0 Å². The average molecular weight is 242 g/mol. The highest BCUT2D eigenvalue weighted by Gasteiger charge is 2.33. The highest BCUT2D eigenvalue weighted by Crippen LogP contribution is 2.26. The lowest BCUT2D eigenvalue weighted by molar-refractivity contribution is -0.141. The van der Waals surface area contributed by atoms with Gasteiger partial charge in [-0.2, -0.15) is 0 Å². The second kappa shape index (κ2) is 5.04. The fourth-order valence-electron chi connectivity index (χ4n) is 2.02. The van der Waals surface area contributed by atoms with Crippen molar-refractivity contribution < 1.29 is 14.7 Å². The number of rotatable bonds is 3. The zero-order chi connectivity index (χ0) is 13.2. The first-order valence-electron chi connectivity index (χ1n) is 6.00. The molecule has 5 nitrogen and oxygen atoms in total. The van der Waals surface area contributed by atoms with E-state index in [0.717, 1.165) is 6.42 Å². The standard InChI is InChI=1S/C12H22N2O3/c1-12(2,3)9(13)10(15)14-8-5-4-7(6-8)11(16)17/h7-9H,4-6,13H2,1-3H3,(H,14,15)(H,16,17)/t7?,8?,9-/m0/s1. The summed E-state index contributed by atoms with van der Waals surface area (Å²) in [7, 11) is 0. The molecule has 17 heavy (non-hydrogen) atoms. The van der Waals surface area contributed by atoms with Gasteiger partial charge in [-0.05, 0) is 24.7 Å². The van der Waals surface area contributed by atoms with E-state index in [2.05, 4.69) is 5.32 Å². The molecule has 0 heterocycles. The second-order valence-corrected chi connectivity index (χ2v) is 5.90. The molecule has 1 aliphatic rings. The van der Waals surface area contributed by atoms with Crippen LogP contribution in [0.1, 0.15) is 40.0 Å². The van der Waals surface area contributed by atoms with Crippen LogP contribution < -0.4 is 11.1 Å². The summed E-state index contributed by atoms with van der Waals surface area (Å²) in [5.74, 6) is -1.29. The smallest absolute Gasteiger partial charge is 0.306 e. The molecule has 0 aromatic heterocycles. The number of carbonyl (C=O) groups excluding carboxylic acids is 1. The molecular weight excluding hydrogens is 220 g/mol. The Morgan fingerprint density at radius 2 is 1.94 bits per heavy atom. The Balaban J connectivity index is 2.46. The summed E-state index contributed by atoms with van der Waals surface area (Å²) in [5, 5.41) is 11.7. The Labute approximate surface area is 102 Å². The third-order valence-electron chi connectivity index (χ3n) is 3.34. The van der Waals surface area contributed by atoms with E-state index < -0.39 is 12.0 Å². The molecule has 2 unspecified atom stereocenters. The number of aliphatic carboxylic acids is 1.